The summed E-state index contributed by atoms with van der Waals surface area (Å²) in [6.45, 7) is 2.24. The maximum Gasteiger partial charge on any atom is 0.261 e. The third-order valence-electron chi connectivity index (χ3n) is 3.19. The van der Waals surface area contributed by atoms with Gasteiger partial charge in [-0.15, -0.1) is 0 Å². The van der Waals surface area contributed by atoms with Crippen LogP contribution in [0.1, 0.15) is 11.9 Å². The third-order valence-corrected chi connectivity index (χ3v) is 3.42. The van der Waals surface area contributed by atoms with Crippen molar-refractivity contribution in [1.29, 1.82) is 0 Å². The second kappa shape index (κ2) is 5.40. The molecule has 0 bridgehead atoms. The zero-order chi connectivity index (χ0) is 14.1. The average Bonchev–Trinajstić information content (AvgIpc) is 2.88. The van der Waals surface area contributed by atoms with E-state index in [0.717, 1.165) is 6.54 Å². The Bertz CT molecular complexity index is 617. The molecule has 20 heavy (non-hydrogen) atoms. The van der Waals surface area contributed by atoms with E-state index in [1.165, 1.54) is 6.07 Å². The first kappa shape index (κ1) is 13.4. The molecule has 0 aliphatic carbocycles. The van der Waals surface area contributed by atoms with Gasteiger partial charge >= 0.3 is 0 Å². The smallest absolute Gasteiger partial charge is 0.261 e. The molecule has 2 aromatic rings. The highest BCUT2D eigenvalue weighted by atomic mass is 35.5. The lowest BCUT2D eigenvalue weighted by molar-refractivity contribution is -0.0264. The molecule has 6 nitrogen and oxygen atoms in total. The Morgan fingerprint density at radius 1 is 1.45 bits per heavy atom. The van der Waals surface area contributed by atoms with Crippen molar-refractivity contribution in [2.45, 2.75) is 6.10 Å². The van der Waals surface area contributed by atoms with E-state index in [4.69, 9.17) is 20.9 Å². The van der Waals surface area contributed by atoms with Gasteiger partial charge in [0.1, 0.15) is 11.9 Å². The van der Waals surface area contributed by atoms with E-state index >= 15 is 0 Å². The van der Waals surface area contributed by atoms with Gasteiger partial charge < -0.3 is 19.3 Å². The highest BCUT2D eigenvalue weighted by molar-refractivity contribution is 6.30. The van der Waals surface area contributed by atoms with Gasteiger partial charge in [0, 0.05) is 18.1 Å². The Kier molecular flexibility index (Phi) is 3.60. The van der Waals surface area contributed by atoms with Crippen molar-refractivity contribution >= 4 is 11.6 Å². The summed E-state index contributed by atoms with van der Waals surface area (Å²) in [5.41, 5.74) is 0.456. The number of benzene rings is 1. The fourth-order valence-electron chi connectivity index (χ4n) is 2.09. The van der Waals surface area contributed by atoms with Gasteiger partial charge in [-0.25, -0.2) is 0 Å². The Labute approximate surface area is 120 Å². The number of halogens is 1. The number of aromatic hydroxyl groups is 1. The molecule has 1 aliphatic rings. The van der Waals surface area contributed by atoms with E-state index in [1.54, 1.807) is 12.1 Å². The molecule has 0 saturated carbocycles. The summed E-state index contributed by atoms with van der Waals surface area (Å²) in [5, 5.41) is 14.2. The van der Waals surface area contributed by atoms with Gasteiger partial charge in [0.2, 0.25) is 5.82 Å². The molecule has 1 aromatic carbocycles. The highest BCUT2D eigenvalue weighted by Crippen LogP contribution is 2.31. The van der Waals surface area contributed by atoms with Gasteiger partial charge in [0.15, 0.2) is 0 Å². The molecule has 106 valence electrons. The molecule has 1 unspecified atom stereocenters. The maximum absolute atomic E-state index is 9.85. The average molecular weight is 296 g/mol. The lowest BCUT2D eigenvalue weighted by Crippen LogP contribution is -2.35. The van der Waals surface area contributed by atoms with Gasteiger partial charge in [-0.05, 0) is 25.2 Å². The Hall–Kier alpha value is -1.63. The number of aromatic nitrogens is 2. The fraction of sp³-hybridized carbons (Fsp3) is 0.385. The number of rotatable bonds is 2. The molecule has 2 heterocycles. The van der Waals surface area contributed by atoms with Crippen molar-refractivity contribution < 1.29 is 14.4 Å². The third kappa shape index (κ3) is 2.63. The van der Waals surface area contributed by atoms with Gasteiger partial charge in [0.25, 0.3) is 5.89 Å². The first-order valence-corrected chi connectivity index (χ1v) is 6.64. The van der Waals surface area contributed by atoms with Crippen LogP contribution in [0.3, 0.4) is 0 Å². The number of ether oxygens (including phenoxy) is 1. The topological polar surface area (TPSA) is 71.6 Å². The van der Waals surface area contributed by atoms with Gasteiger partial charge in [-0.2, -0.15) is 4.98 Å². The van der Waals surface area contributed by atoms with Gasteiger partial charge in [-0.3, -0.25) is 0 Å². The fourth-order valence-corrected chi connectivity index (χ4v) is 2.26. The molecular weight excluding hydrogens is 282 g/mol. The number of morpholine rings is 1. The summed E-state index contributed by atoms with van der Waals surface area (Å²) in [6.07, 6.45) is -0.208. The van der Waals surface area contributed by atoms with Gasteiger partial charge in [-0.1, -0.05) is 16.8 Å². The van der Waals surface area contributed by atoms with Crippen molar-refractivity contribution in [2.75, 3.05) is 26.7 Å². The lowest BCUT2D eigenvalue weighted by atomic mass is 10.2. The van der Waals surface area contributed by atoms with Crippen LogP contribution in [0.15, 0.2) is 22.7 Å². The predicted octanol–water partition coefficient (Wildman–Crippen LogP) is 2.10. The highest BCUT2D eigenvalue weighted by Gasteiger charge is 2.25. The number of hydrogen-bond acceptors (Lipinski definition) is 6. The quantitative estimate of drug-likeness (QED) is 0.915. The van der Waals surface area contributed by atoms with E-state index < -0.39 is 0 Å². The zero-order valence-electron chi connectivity index (χ0n) is 10.9. The monoisotopic (exact) mass is 295 g/mol. The van der Waals surface area contributed by atoms with Crippen LogP contribution < -0.4 is 0 Å². The summed E-state index contributed by atoms with van der Waals surface area (Å²) in [7, 11) is 2.02. The Morgan fingerprint density at radius 2 is 2.30 bits per heavy atom. The standard InChI is InChI=1S/C13H14ClN3O3/c1-17-4-5-19-11(7-17)12-15-13(20-16-12)9-3-2-8(14)6-10(9)18/h2-3,6,11,18H,4-5,7H2,1H3. The summed E-state index contributed by atoms with van der Waals surface area (Å²) in [6, 6.07) is 4.74. The summed E-state index contributed by atoms with van der Waals surface area (Å²) in [4.78, 5) is 6.44. The molecular formula is C13H14ClN3O3. The van der Waals surface area contributed by atoms with Crippen LogP contribution in [0.5, 0.6) is 5.75 Å². The van der Waals surface area contributed by atoms with Crippen LogP contribution in [0.25, 0.3) is 11.5 Å². The van der Waals surface area contributed by atoms with E-state index in [-0.39, 0.29) is 17.7 Å². The molecule has 1 aliphatic heterocycles. The normalized spacial score (nSPS) is 20.2. The molecule has 3 rings (SSSR count). The second-order valence-corrected chi connectivity index (χ2v) is 5.18. The molecule has 0 amide bonds. The van der Waals surface area contributed by atoms with Crippen molar-refractivity contribution in [1.82, 2.24) is 15.0 Å². The predicted molar refractivity (Wildman–Crippen MR) is 72.6 cm³/mol. The summed E-state index contributed by atoms with van der Waals surface area (Å²) >= 11 is 5.80. The minimum absolute atomic E-state index is 0.00869. The first-order chi connectivity index (χ1) is 9.63. The summed E-state index contributed by atoms with van der Waals surface area (Å²) < 4.78 is 10.8. The van der Waals surface area contributed by atoms with Crippen LogP contribution in [-0.2, 0) is 4.74 Å². The number of hydrogen-bond donors (Lipinski definition) is 1. The van der Waals surface area contributed by atoms with E-state index in [0.29, 0.717) is 29.6 Å². The molecule has 1 aromatic heterocycles. The SMILES string of the molecule is CN1CCOC(c2noc(-c3ccc(Cl)cc3O)n2)C1. The van der Waals surface area contributed by atoms with Crippen LogP contribution in [0, 0.1) is 0 Å². The lowest BCUT2D eigenvalue weighted by Gasteiger charge is -2.27. The first-order valence-electron chi connectivity index (χ1n) is 6.26. The van der Waals surface area contributed by atoms with Crippen LogP contribution in [0.4, 0.5) is 0 Å². The molecule has 0 spiro atoms. The minimum Gasteiger partial charge on any atom is -0.507 e. The molecule has 1 N–H and O–H groups in total. The van der Waals surface area contributed by atoms with Crippen LogP contribution in [-0.4, -0.2) is 46.9 Å². The Balaban J connectivity index is 1.86. The molecule has 1 fully saturated rings. The van der Waals surface area contributed by atoms with Crippen molar-refractivity contribution in [3.05, 3.63) is 29.0 Å². The molecule has 7 heteroatoms. The van der Waals surface area contributed by atoms with Gasteiger partial charge in [0.05, 0.1) is 12.2 Å². The van der Waals surface area contributed by atoms with Crippen molar-refractivity contribution in [3.63, 3.8) is 0 Å². The van der Waals surface area contributed by atoms with E-state index in [1.807, 2.05) is 7.05 Å². The van der Waals surface area contributed by atoms with E-state index in [2.05, 4.69) is 15.0 Å². The largest absolute Gasteiger partial charge is 0.507 e. The van der Waals surface area contributed by atoms with Crippen LogP contribution in [0.2, 0.25) is 5.02 Å². The molecule has 1 atom stereocenters. The zero-order valence-corrected chi connectivity index (χ0v) is 11.7. The molecule has 1 saturated heterocycles. The molecule has 0 radical (unpaired) electrons. The van der Waals surface area contributed by atoms with Crippen LogP contribution >= 0.6 is 11.6 Å². The Morgan fingerprint density at radius 3 is 3.05 bits per heavy atom. The van der Waals surface area contributed by atoms with E-state index in [9.17, 15) is 5.11 Å². The number of nitrogens with zero attached hydrogens (tertiary/aromatic N) is 3. The summed E-state index contributed by atoms with van der Waals surface area (Å²) in [5.74, 6) is 0.751. The number of likely N-dealkylation sites (N-methyl/N-ethyl adjacent to an activating group) is 1. The van der Waals surface area contributed by atoms with Crippen molar-refractivity contribution in [2.24, 2.45) is 0 Å². The maximum atomic E-state index is 9.85. The van der Waals surface area contributed by atoms with Crippen molar-refractivity contribution in [3.8, 4) is 17.2 Å². The second-order valence-electron chi connectivity index (χ2n) is 4.74. The minimum atomic E-state index is -0.208. The number of phenols is 1. The number of phenolic OH excluding ortho intramolecular Hbond substituents is 1.